The number of rotatable bonds is 3. The Morgan fingerprint density at radius 1 is 1.70 bits per heavy atom. The van der Waals surface area contributed by atoms with E-state index in [0.29, 0.717) is 5.57 Å². The molecule has 0 aromatic rings. The summed E-state index contributed by atoms with van der Waals surface area (Å²) in [6, 6.07) is 0. The standard InChI is InChI=1S/C7H11NO2/c1-4-5-6(2)7(9)8-10-3/h4-5H,2H2,1,3H3,(H,8,9)/b5-4-. The summed E-state index contributed by atoms with van der Waals surface area (Å²) >= 11 is 0. The minimum Gasteiger partial charge on any atom is -0.277 e. The van der Waals surface area contributed by atoms with Gasteiger partial charge in [-0.3, -0.25) is 9.63 Å². The third-order valence-electron chi connectivity index (χ3n) is 0.854. The maximum absolute atomic E-state index is 10.7. The molecule has 0 unspecified atom stereocenters. The van der Waals surface area contributed by atoms with Crippen LogP contribution < -0.4 is 5.48 Å². The Bertz CT molecular complexity index is 161. The lowest BCUT2D eigenvalue weighted by atomic mass is 10.3. The highest BCUT2D eigenvalue weighted by Gasteiger charge is 1.99. The van der Waals surface area contributed by atoms with Gasteiger partial charge >= 0.3 is 0 Å². The van der Waals surface area contributed by atoms with E-state index in [9.17, 15) is 4.79 Å². The van der Waals surface area contributed by atoms with Crippen LogP contribution in [0.3, 0.4) is 0 Å². The molecule has 0 rings (SSSR count). The Balaban J connectivity index is 3.83. The van der Waals surface area contributed by atoms with Crippen LogP contribution in [0, 0.1) is 0 Å². The summed E-state index contributed by atoms with van der Waals surface area (Å²) in [5.41, 5.74) is 2.52. The highest BCUT2D eigenvalue weighted by atomic mass is 16.6. The van der Waals surface area contributed by atoms with Gasteiger partial charge < -0.3 is 0 Å². The highest BCUT2D eigenvalue weighted by Crippen LogP contribution is 1.91. The third kappa shape index (κ3) is 3.04. The molecule has 0 saturated heterocycles. The van der Waals surface area contributed by atoms with E-state index >= 15 is 0 Å². The molecule has 0 radical (unpaired) electrons. The van der Waals surface area contributed by atoms with E-state index in [1.54, 1.807) is 12.2 Å². The molecule has 10 heavy (non-hydrogen) atoms. The second-order valence-electron chi connectivity index (χ2n) is 1.66. The van der Waals surface area contributed by atoms with Gasteiger partial charge in [0.2, 0.25) is 0 Å². The number of allylic oxidation sites excluding steroid dienone is 1. The van der Waals surface area contributed by atoms with Crippen molar-refractivity contribution in [2.75, 3.05) is 7.11 Å². The predicted molar refractivity (Wildman–Crippen MR) is 39.1 cm³/mol. The number of carbonyl (C=O) groups excluding carboxylic acids is 1. The maximum Gasteiger partial charge on any atom is 0.274 e. The second kappa shape index (κ2) is 4.76. The van der Waals surface area contributed by atoms with Gasteiger partial charge in [-0.15, -0.1) is 0 Å². The predicted octanol–water partition coefficient (Wildman–Crippen LogP) is 0.796. The SMILES string of the molecule is C=C(/C=C\C)C(=O)NOC. The lowest BCUT2D eigenvalue weighted by Gasteiger charge is -1.98. The van der Waals surface area contributed by atoms with Crippen molar-refractivity contribution in [1.29, 1.82) is 0 Å². The quantitative estimate of drug-likeness (QED) is 0.358. The molecule has 0 bridgehead atoms. The number of nitrogens with one attached hydrogen (secondary N) is 1. The molecule has 0 heterocycles. The van der Waals surface area contributed by atoms with Gasteiger partial charge in [0, 0.05) is 5.57 Å². The van der Waals surface area contributed by atoms with Gasteiger partial charge in [-0.1, -0.05) is 18.7 Å². The van der Waals surface area contributed by atoms with E-state index in [2.05, 4.69) is 16.9 Å². The van der Waals surface area contributed by atoms with Crippen molar-refractivity contribution < 1.29 is 9.63 Å². The van der Waals surface area contributed by atoms with Gasteiger partial charge in [0.05, 0.1) is 7.11 Å². The van der Waals surface area contributed by atoms with Gasteiger partial charge in [-0.05, 0) is 6.92 Å². The van der Waals surface area contributed by atoms with Crippen LogP contribution in [0.2, 0.25) is 0 Å². The first-order valence-corrected chi connectivity index (χ1v) is 2.87. The maximum atomic E-state index is 10.7. The Labute approximate surface area is 60.3 Å². The van der Waals surface area contributed by atoms with E-state index < -0.39 is 0 Å². The molecule has 0 spiro atoms. The third-order valence-corrected chi connectivity index (χ3v) is 0.854. The van der Waals surface area contributed by atoms with Crippen LogP contribution in [0.1, 0.15) is 6.92 Å². The average molecular weight is 141 g/mol. The van der Waals surface area contributed by atoms with Crippen molar-refractivity contribution in [3.63, 3.8) is 0 Å². The van der Waals surface area contributed by atoms with Crippen molar-refractivity contribution in [2.24, 2.45) is 0 Å². The van der Waals surface area contributed by atoms with Gasteiger partial charge in [-0.2, -0.15) is 0 Å². The summed E-state index contributed by atoms with van der Waals surface area (Å²) < 4.78 is 0. The summed E-state index contributed by atoms with van der Waals surface area (Å²) in [6.45, 7) is 5.29. The molecule has 0 aromatic carbocycles. The highest BCUT2D eigenvalue weighted by molar-refractivity contribution is 5.94. The fraction of sp³-hybridized carbons (Fsp3) is 0.286. The number of amides is 1. The average Bonchev–Trinajstić information content (AvgIpc) is 1.89. The Kier molecular flexibility index (Phi) is 4.24. The topological polar surface area (TPSA) is 38.3 Å². The lowest BCUT2D eigenvalue weighted by Crippen LogP contribution is -2.22. The minimum atomic E-state index is -0.319. The van der Waals surface area contributed by atoms with Crippen molar-refractivity contribution in [3.8, 4) is 0 Å². The molecule has 0 aliphatic heterocycles. The number of hydrogen-bond acceptors (Lipinski definition) is 2. The molecular weight excluding hydrogens is 130 g/mol. The Hall–Kier alpha value is -1.09. The zero-order chi connectivity index (χ0) is 7.98. The van der Waals surface area contributed by atoms with Crippen molar-refractivity contribution in [3.05, 3.63) is 24.3 Å². The van der Waals surface area contributed by atoms with Crippen LogP contribution in [0.5, 0.6) is 0 Å². The minimum absolute atomic E-state index is 0.319. The Morgan fingerprint density at radius 3 is 2.70 bits per heavy atom. The van der Waals surface area contributed by atoms with Gasteiger partial charge in [0.25, 0.3) is 5.91 Å². The second-order valence-corrected chi connectivity index (χ2v) is 1.66. The monoisotopic (exact) mass is 141 g/mol. The molecule has 1 amide bonds. The summed E-state index contributed by atoms with van der Waals surface area (Å²) in [5, 5.41) is 0. The van der Waals surface area contributed by atoms with Crippen LogP contribution in [0.4, 0.5) is 0 Å². The van der Waals surface area contributed by atoms with Crippen molar-refractivity contribution >= 4 is 5.91 Å². The van der Waals surface area contributed by atoms with Crippen LogP contribution >= 0.6 is 0 Å². The fourth-order valence-electron chi connectivity index (χ4n) is 0.435. The lowest BCUT2D eigenvalue weighted by molar-refractivity contribution is -0.126. The summed E-state index contributed by atoms with van der Waals surface area (Å²) in [4.78, 5) is 15.1. The van der Waals surface area contributed by atoms with Crippen molar-refractivity contribution in [1.82, 2.24) is 5.48 Å². The number of carbonyl (C=O) groups is 1. The normalized spacial score (nSPS) is 9.80. The molecule has 3 nitrogen and oxygen atoms in total. The van der Waals surface area contributed by atoms with E-state index in [-0.39, 0.29) is 5.91 Å². The van der Waals surface area contributed by atoms with Crippen molar-refractivity contribution in [2.45, 2.75) is 6.92 Å². The first-order valence-electron chi connectivity index (χ1n) is 2.87. The molecule has 56 valence electrons. The zero-order valence-corrected chi connectivity index (χ0v) is 6.18. The van der Waals surface area contributed by atoms with E-state index in [1.165, 1.54) is 7.11 Å². The van der Waals surface area contributed by atoms with Crippen LogP contribution in [0.25, 0.3) is 0 Å². The first kappa shape index (κ1) is 8.91. The first-order chi connectivity index (χ1) is 4.72. The summed E-state index contributed by atoms with van der Waals surface area (Å²) in [6.07, 6.45) is 3.34. The molecular formula is C7H11NO2. The molecule has 0 aromatic heterocycles. The smallest absolute Gasteiger partial charge is 0.274 e. The van der Waals surface area contributed by atoms with Gasteiger partial charge in [0.1, 0.15) is 0 Å². The molecule has 0 aliphatic carbocycles. The fourth-order valence-corrected chi connectivity index (χ4v) is 0.435. The molecule has 0 atom stereocenters. The van der Waals surface area contributed by atoms with Crippen LogP contribution in [-0.4, -0.2) is 13.0 Å². The molecule has 0 aliphatic rings. The van der Waals surface area contributed by atoms with Gasteiger partial charge in [-0.25, -0.2) is 5.48 Å². The largest absolute Gasteiger partial charge is 0.277 e. The summed E-state index contributed by atoms with van der Waals surface area (Å²) in [5.74, 6) is -0.319. The van der Waals surface area contributed by atoms with Crippen LogP contribution in [0.15, 0.2) is 24.3 Å². The van der Waals surface area contributed by atoms with E-state index in [0.717, 1.165) is 0 Å². The van der Waals surface area contributed by atoms with Gasteiger partial charge in [0.15, 0.2) is 0 Å². The number of hydrogen-bond donors (Lipinski definition) is 1. The molecule has 0 fully saturated rings. The van der Waals surface area contributed by atoms with E-state index in [4.69, 9.17) is 0 Å². The zero-order valence-electron chi connectivity index (χ0n) is 6.18. The summed E-state index contributed by atoms with van der Waals surface area (Å²) in [7, 11) is 1.38. The number of hydroxylamine groups is 1. The van der Waals surface area contributed by atoms with E-state index in [1.807, 2.05) is 6.92 Å². The molecule has 3 heteroatoms. The molecule has 0 saturated carbocycles. The molecule has 1 N–H and O–H groups in total. The van der Waals surface area contributed by atoms with Crippen LogP contribution in [-0.2, 0) is 9.63 Å². The Morgan fingerprint density at radius 2 is 2.30 bits per heavy atom.